The van der Waals surface area contributed by atoms with Gasteiger partial charge in [-0.05, 0) is 56.5 Å². The second kappa shape index (κ2) is 9.82. The van der Waals surface area contributed by atoms with Gasteiger partial charge < -0.3 is 19.4 Å². The van der Waals surface area contributed by atoms with Crippen molar-refractivity contribution in [1.29, 1.82) is 0 Å². The first-order valence-corrected chi connectivity index (χ1v) is 13.3. The Kier molecular flexibility index (Phi) is 6.93. The minimum atomic E-state index is -4.30. The van der Waals surface area contributed by atoms with Crippen molar-refractivity contribution < 1.29 is 17.9 Å². The smallest absolute Gasteiger partial charge is 0.378 e. The third-order valence-electron chi connectivity index (χ3n) is 7.68. The number of thioether (sulfide) groups is 1. The van der Waals surface area contributed by atoms with Gasteiger partial charge in [-0.3, -0.25) is 4.57 Å². The van der Waals surface area contributed by atoms with E-state index in [0.717, 1.165) is 87.9 Å². The standard InChI is InChI=1S/C24H33F3N6OS/c1-23-17-31(9-3-15-35-22-29-28-21(30(22)2)32-11-13-34-14-12-32)16-19(23)8-10-33(23)20-6-4-18(5-7-20)24(25,26)27/h4-7,19H,3,8-17H2,1-2H3/t19-,23+/m1/s1. The number of morpholine rings is 1. The lowest BCUT2D eigenvalue weighted by molar-refractivity contribution is -0.137. The lowest BCUT2D eigenvalue weighted by Crippen LogP contribution is -2.47. The molecule has 2 aromatic rings. The summed E-state index contributed by atoms with van der Waals surface area (Å²) >= 11 is 1.74. The molecule has 1 aromatic heterocycles. The molecule has 0 amide bonds. The number of hydrogen-bond donors (Lipinski definition) is 0. The molecule has 3 aliphatic rings. The van der Waals surface area contributed by atoms with Crippen molar-refractivity contribution >= 4 is 23.4 Å². The van der Waals surface area contributed by atoms with Crippen molar-refractivity contribution in [3.63, 3.8) is 0 Å². The van der Waals surface area contributed by atoms with Crippen LogP contribution in [0, 0.1) is 5.92 Å². The Morgan fingerprint density at radius 2 is 1.86 bits per heavy atom. The van der Waals surface area contributed by atoms with Crippen LogP contribution in [0.15, 0.2) is 29.4 Å². The zero-order valence-electron chi connectivity index (χ0n) is 20.3. The SMILES string of the molecule is Cn1c(SCCCN2C[C@H]3CCN(c4ccc(C(F)(F)F)cc4)[C@@]3(C)C2)nnc1N1CCOCC1. The Labute approximate surface area is 208 Å². The molecule has 0 radical (unpaired) electrons. The average molecular weight is 511 g/mol. The predicted molar refractivity (Wildman–Crippen MR) is 131 cm³/mol. The molecule has 0 N–H and O–H groups in total. The van der Waals surface area contributed by atoms with Crippen molar-refractivity contribution in [3.05, 3.63) is 29.8 Å². The van der Waals surface area contributed by atoms with Crippen LogP contribution in [0.2, 0.25) is 0 Å². The normalized spacial score (nSPS) is 25.5. The molecule has 2 atom stereocenters. The monoisotopic (exact) mass is 510 g/mol. The second-order valence-electron chi connectivity index (χ2n) is 9.92. The lowest BCUT2D eigenvalue weighted by atomic mass is 9.90. The topological polar surface area (TPSA) is 49.7 Å². The molecule has 3 fully saturated rings. The number of likely N-dealkylation sites (tertiary alicyclic amines) is 1. The van der Waals surface area contributed by atoms with E-state index >= 15 is 0 Å². The molecule has 0 saturated carbocycles. The summed E-state index contributed by atoms with van der Waals surface area (Å²) in [4.78, 5) is 7.04. The van der Waals surface area contributed by atoms with E-state index in [4.69, 9.17) is 4.74 Å². The summed E-state index contributed by atoms with van der Waals surface area (Å²) in [6.07, 6.45) is -2.17. The van der Waals surface area contributed by atoms with Crippen LogP contribution in [0.4, 0.5) is 24.8 Å². The molecule has 5 rings (SSSR count). The highest BCUT2D eigenvalue weighted by Crippen LogP contribution is 2.44. The van der Waals surface area contributed by atoms with Gasteiger partial charge in [-0.2, -0.15) is 13.2 Å². The van der Waals surface area contributed by atoms with Crippen molar-refractivity contribution in [1.82, 2.24) is 19.7 Å². The summed E-state index contributed by atoms with van der Waals surface area (Å²) in [6.45, 7) is 9.29. The Balaban J connectivity index is 1.12. The Bertz CT molecular complexity index is 1010. The fourth-order valence-corrected chi connectivity index (χ4v) is 6.58. The van der Waals surface area contributed by atoms with Crippen molar-refractivity contribution in [2.45, 2.75) is 36.6 Å². The van der Waals surface area contributed by atoms with Gasteiger partial charge in [0.2, 0.25) is 5.95 Å². The number of benzene rings is 1. The van der Waals surface area contributed by atoms with Crippen LogP contribution >= 0.6 is 11.8 Å². The van der Waals surface area contributed by atoms with Crippen LogP contribution in [0.5, 0.6) is 0 Å². The fraction of sp³-hybridized carbons (Fsp3) is 0.667. The molecule has 0 aliphatic carbocycles. The van der Waals surface area contributed by atoms with E-state index < -0.39 is 11.7 Å². The molecule has 3 aliphatic heterocycles. The first kappa shape index (κ1) is 24.7. The average Bonchev–Trinajstić information content (AvgIpc) is 3.46. The molecule has 0 unspecified atom stereocenters. The van der Waals surface area contributed by atoms with E-state index in [1.54, 1.807) is 23.9 Å². The van der Waals surface area contributed by atoms with E-state index in [-0.39, 0.29) is 5.54 Å². The number of halogens is 3. The molecule has 0 bridgehead atoms. The summed E-state index contributed by atoms with van der Waals surface area (Å²) in [5.41, 5.74) is 0.259. The Morgan fingerprint density at radius 3 is 2.57 bits per heavy atom. The third-order valence-corrected chi connectivity index (χ3v) is 8.79. The number of aromatic nitrogens is 3. The zero-order chi connectivity index (χ0) is 24.6. The first-order chi connectivity index (χ1) is 16.8. The summed E-state index contributed by atoms with van der Waals surface area (Å²) < 4.78 is 46.4. The maximum absolute atomic E-state index is 13.0. The van der Waals surface area contributed by atoms with Crippen molar-refractivity contribution in [3.8, 4) is 0 Å². The van der Waals surface area contributed by atoms with Gasteiger partial charge in [-0.25, -0.2) is 0 Å². The van der Waals surface area contributed by atoms with Crippen LogP contribution in [-0.2, 0) is 18.0 Å². The maximum Gasteiger partial charge on any atom is 0.416 e. The third kappa shape index (κ3) is 4.99. The van der Waals surface area contributed by atoms with Crippen LogP contribution < -0.4 is 9.80 Å². The van der Waals surface area contributed by atoms with E-state index in [0.29, 0.717) is 5.92 Å². The minimum Gasteiger partial charge on any atom is -0.378 e. The molecule has 35 heavy (non-hydrogen) atoms. The number of fused-ring (bicyclic) bond motifs is 1. The molecule has 4 heterocycles. The number of anilines is 2. The first-order valence-electron chi connectivity index (χ1n) is 12.3. The number of hydrogen-bond acceptors (Lipinski definition) is 7. The maximum atomic E-state index is 13.0. The van der Waals surface area contributed by atoms with Gasteiger partial charge in [0.1, 0.15) is 0 Å². The molecule has 1 aromatic carbocycles. The van der Waals surface area contributed by atoms with E-state index in [1.165, 1.54) is 12.1 Å². The van der Waals surface area contributed by atoms with Crippen LogP contribution in [0.25, 0.3) is 0 Å². The predicted octanol–water partition coefficient (Wildman–Crippen LogP) is 3.75. The number of alkyl halides is 3. The van der Waals surface area contributed by atoms with Gasteiger partial charge in [-0.15, -0.1) is 10.2 Å². The van der Waals surface area contributed by atoms with Gasteiger partial charge in [0, 0.05) is 51.2 Å². The zero-order valence-corrected chi connectivity index (χ0v) is 21.1. The fourth-order valence-electron chi connectivity index (χ4n) is 5.75. The highest BCUT2D eigenvalue weighted by Gasteiger charge is 2.50. The van der Waals surface area contributed by atoms with Gasteiger partial charge in [0.15, 0.2) is 5.16 Å². The molecule has 7 nitrogen and oxygen atoms in total. The molecular formula is C24H33F3N6OS. The Hall–Kier alpha value is -1.98. The lowest BCUT2D eigenvalue weighted by Gasteiger charge is -2.37. The summed E-state index contributed by atoms with van der Waals surface area (Å²) in [7, 11) is 2.02. The number of ether oxygens (including phenoxy) is 1. The van der Waals surface area contributed by atoms with E-state index in [2.05, 4.69) is 36.4 Å². The molecular weight excluding hydrogens is 477 g/mol. The Morgan fingerprint density at radius 1 is 1.11 bits per heavy atom. The second-order valence-corrected chi connectivity index (χ2v) is 11.0. The molecule has 0 spiro atoms. The summed E-state index contributed by atoms with van der Waals surface area (Å²) in [5.74, 6) is 2.40. The molecule has 3 saturated heterocycles. The largest absolute Gasteiger partial charge is 0.416 e. The highest BCUT2D eigenvalue weighted by molar-refractivity contribution is 7.99. The van der Waals surface area contributed by atoms with Crippen LogP contribution in [0.1, 0.15) is 25.3 Å². The molecule has 11 heteroatoms. The summed E-state index contributed by atoms with van der Waals surface area (Å²) in [5, 5.41) is 9.70. The minimum absolute atomic E-state index is 0.0382. The summed E-state index contributed by atoms with van der Waals surface area (Å²) in [6, 6.07) is 5.66. The van der Waals surface area contributed by atoms with Crippen molar-refractivity contribution in [2.75, 3.05) is 68.0 Å². The quantitative estimate of drug-likeness (QED) is 0.415. The molecule has 192 valence electrons. The van der Waals surface area contributed by atoms with E-state index in [1.807, 2.05) is 7.05 Å². The van der Waals surface area contributed by atoms with Crippen LogP contribution in [-0.4, -0.2) is 83.4 Å². The van der Waals surface area contributed by atoms with Crippen molar-refractivity contribution in [2.24, 2.45) is 13.0 Å². The van der Waals surface area contributed by atoms with E-state index in [9.17, 15) is 13.2 Å². The van der Waals surface area contributed by atoms with Gasteiger partial charge in [0.25, 0.3) is 0 Å². The van der Waals surface area contributed by atoms with Crippen LogP contribution in [0.3, 0.4) is 0 Å². The number of rotatable bonds is 7. The van der Waals surface area contributed by atoms with Gasteiger partial charge in [0.05, 0.1) is 24.3 Å². The van der Waals surface area contributed by atoms with Gasteiger partial charge in [-0.1, -0.05) is 11.8 Å². The highest BCUT2D eigenvalue weighted by atomic mass is 32.2. The number of nitrogens with zero attached hydrogens (tertiary/aromatic N) is 6. The van der Waals surface area contributed by atoms with Gasteiger partial charge >= 0.3 is 6.18 Å².